The summed E-state index contributed by atoms with van der Waals surface area (Å²) < 4.78 is 52.0. The van der Waals surface area contributed by atoms with Gasteiger partial charge in [0.05, 0.1) is 5.56 Å². The van der Waals surface area contributed by atoms with Crippen molar-refractivity contribution in [3.63, 3.8) is 0 Å². The van der Waals surface area contributed by atoms with Crippen LogP contribution in [-0.4, -0.2) is 19.3 Å². The Bertz CT molecular complexity index is 402. The molecule has 0 bridgehead atoms. The topological polar surface area (TPSA) is 12.0 Å². The smallest absolute Gasteiger partial charge is 0.316 e. The molecule has 0 saturated carbocycles. The number of nitrogens with one attached hydrogen (secondary N) is 1. The standard InChI is InChI=1S/C13H15F4N/c14-12-5-6-18-8-10(12)7-9-3-1-2-4-11(9)13(15,16)17/h1-4,10,12,18H,5-8H2. The van der Waals surface area contributed by atoms with Crippen molar-refractivity contribution in [3.05, 3.63) is 35.4 Å². The van der Waals surface area contributed by atoms with Crippen LogP contribution in [0.3, 0.4) is 0 Å². The highest BCUT2D eigenvalue weighted by Crippen LogP contribution is 2.33. The van der Waals surface area contributed by atoms with Crippen LogP contribution < -0.4 is 5.32 Å². The minimum absolute atomic E-state index is 0.129. The first-order valence-electron chi connectivity index (χ1n) is 5.98. The molecule has 0 radical (unpaired) electrons. The lowest BCUT2D eigenvalue weighted by atomic mass is 9.89. The first kappa shape index (κ1) is 13.3. The molecule has 2 rings (SSSR count). The Balaban J connectivity index is 2.18. The fraction of sp³-hybridized carbons (Fsp3) is 0.538. The van der Waals surface area contributed by atoms with Gasteiger partial charge in [-0.25, -0.2) is 4.39 Å². The van der Waals surface area contributed by atoms with Crippen LogP contribution in [0.1, 0.15) is 17.5 Å². The molecule has 5 heteroatoms. The maximum atomic E-state index is 13.6. The first-order chi connectivity index (χ1) is 8.48. The molecule has 1 heterocycles. The zero-order chi connectivity index (χ0) is 13.2. The second-order valence-electron chi connectivity index (χ2n) is 4.63. The number of alkyl halides is 4. The van der Waals surface area contributed by atoms with E-state index >= 15 is 0 Å². The number of hydrogen-bond donors (Lipinski definition) is 1. The van der Waals surface area contributed by atoms with E-state index in [-0.39, 0.29) is 17.9 Å². The number of rotatable bonds is 2. The summed E-state index contributed by atoms with van der Waals surface area (Å²) in [5.41, 5.74) is -0.468. The van der Waals surface area contributed by atoms with Gasteiger partial charge in [-0.15, -0.1) is 0 Å². The van der Waals surface area contributed by atoms with Gasteiger partial charge in [0.1, 0.15) is 6.17 Å². The zero-order valence-electron chi connectivity index (χ0n) is 9.80. The number of piperidine rings is 1. The monoisotopic (exact) mass is 261 g/mol. The summed E-state index contributed by atoms with van der Waals surface area (Å²) in [6, 6.07) is 5.41. The van der Waals surface area contributed by atoms with E-state index in [1.165, 1.54) is 12.1 Å². The normalized spacial score (nSPS) is 25.1. The average molecular weight is 261 g/mol. The Labute approximate surface area is 103 Å². The molecule has 1 aromatic rings. The van der Waals surface area contributed by atoms with Crippen LogP contribution in [0.5, 0.6) is 0 Å². The van der Waals surface area contributed by atoms with E-state index in [4.69, 9.17) is 0 Å². The second kappa shape index (κ2) is 5.26. The summed E-state index contributed by atoms with van der Waals surface area (Å²) >= 11 is 0. The predicted molar refractivity (Wildman–Crippen MR) is 61.0 cm³/mol. The van der Waals surface area contributed by atoms with Crippen molar-refractivity contribution in [1.82, 2.24) is 5.32 Å². The number of halogens is 4. The van der Waals surface area contributed by atoms with Crippen molar-refractivity contribution in [2.24, 2.45) is 5.92 Å². The molecular weight excluding hydrogens is 246 g/mol. The second-order valence-corrected chi connectivity index (χ2v) is 4.63. The van der Waals surface area contributed by atoms with Gasteiger partial charge in [0.15, 0.2) is 0 Å². The largest absolute Gasteiger partial charge is 0.416 e. The molecule has 0 aromatic heterocycles. The molecule has 2 unspecified atom stereocenters. The third-order valence-electron chi connectivity index (χ3n) is 3.32. The van der Waals surface area contributed by atoms with Crippen LogP contribution in [-0.2, 0) is 12.6 Å². The van der Waals surface area contributed by atoms with Crippen molar-refractivity contribution >= 4 is 0 Å². The quantitative estimate of drug-likeness (QED) is 0.806. The summed E-state index contributed by atoms with van der Waals surface area (Å²) in [5.74, 6) is -0.373. The van der Waals surface area contributed by atoms with Crippen LogP contribution in [0.15, 0.2) is 24.3 Å². The molecule has 0 spiro atoms. The lowest BCUT2D eigenvalue weighted by Crippen LogP contribution is -2.39. The highest BCUT2D eigenvalue weighted by molar-refractivity contribution is 5.30. The van der Waals surface area contributed by atoms with Crippen LogP contribution >= 0.6 is 0 Å². The number of benzene rings is 1. The van der Waals surface area contributed by atoms with Crippen LogP contribution in [0, 0.1) is 5.92 Å². The summed E-state index contributed by atoms with van der Waals surface area (Å²) in [6.07, 6.45) is -4.89. The van der Waals surface area contributed by atoms with Gasteiger partial charge < -0.3 is 5.32 Å². The lowest BCUT2D eigenvalue weighted by molar-refractivity contribution is -0.138. The molecule has 1 aromatic carbocycles. The summed E-state index contributed by atoms with van der Waals surface area (Å²) in [6.45, 7) is 1.03. The molecular formula is C13H15F4N. The van der Waals surface area contributed by atoms with Gasteiger partial charge in [-0.1, -0.05) is 18.2 Å². The van der Waals surface area contributed by atoms with Crippen LogP contribution in [0.25, 0.3) is 0 Å². The number of hydrogen-bond acceptors (Lipinski definition) is 1. The van der Waals surface area contributed by atoms with E-state index in [2.05, 4.69) is 5.32 Å². The van der Waals surface area contributed by atoms with Gasteiger partial charge in [0.25, 0.3) is 0 Å². The van der Waals surface area contributed by atoms with Crippen molar-refractivity contribution < 1.29 is 17.6 Å². The Morgan fingerprint density at radius 3 is 2.61 bits per heavy atom. The summed E-state index contributed by atoms with van der Waals surface area (Å²) in [5, 5.41) is 3.02. The minimum Gasteiger partial charge on any atom is -0.316 e. The molecule has 1 fully saturated rings. The molecule has 0 aliphatic carbocycles. The van der Waals surface area contributed by atoms with Crippen molar-refractivity contribution in [2.75, 3.05) is 13.1 Å². The molecule has 1 N–H and O–H groups in total. The fourth-order valence-corrected chi connectivity index (χ4v) is 2.35. The lowest BCUT2D eigenvalue weighted by Gasteiger charge is -2.27. The van der Waals surface area contributed by atoms with Gasteiger partial charge in [0.2, 0.25) is 0 Å². The molecule has 100 valence electrons. The molecule has 1 aliphatic rings. The van der Waals surface area contributed by atoms with Gasteiger partial charge >= 0.3 is 6.18 Å². The van der Waals surface area contributed by atoms with Gasteiger partial charge in [-0.2, -0.15) is 13.2 Å². The maximum absolute atomic E-state index is 13.6. The van der Waals surface area contributed by atoms with Gasteiger partial charge in [0, 0.05) is 12.5 Å². The highest BCUT2D eigenvalue weighted by Gasteiger charge is 2.34. The summed E-state index contributed by atoms with van der Waals surface area (Å²) in [7, 11) is 0. The molecule has 1 nitrogen and oxygen atoms in total. The van der Waals surface area contributed by atoms with E-state index in [9.17, 15) is 17.6 Å². The average Bonchev–Trinajstić information content (AvgIpc) is 2.31. The van der Waals surface area contributed by atoms with E-state index < -0.39 is 17.9 Å². The fourth-order valence-electron chi connectivity index (χ4n) is 2.35. The zero-order valence-corrected chi connectivity index (χ0v) is 9.80. The van der Waals surface area contributed by atoms with Gasteiger partial charge in [-0.05, 0) is 31.0 Å². The highest BCUT2D eigenvalue weighted by atomic mass is 19.4. The van der Waals surface area contributed by atoms with Crippen LogP contribution in [0.4, 0.5) is 17.6 Å². The van der Waals surface area contributed by atoms with Crippen molar-refractivity contribution in [2.45, 2.75) is 25.2 Å². The van der Waals surface area contributed by atoms with Gasteiger partial charge in [-0.3, -0.25) is 0 Å². The first-order valence-corrected chi connectivity index (χ1v) is 5.98. The van der Waals surface area contributed by atoms with E-state index in [1.54, 1.807) is 6.07 Å². The predicted octanol–water partition coefficient (Wildman–Crippen LogP) is 3.20. The molecule has 1 aliphatic heterocycles. The van der Waals surface area contributed by atoms with E-state index in [0.29, 0.717) is 19.5 Å². The Kier molecular flexibility index (Phi) is 3.90. The maximum Gasteiger partial charge on any atom is 0.416 e. The molecule has 1 saturated heterocycles. The summed E-state index contributed by atoms with van der Waals surface area (Å²) in [4.78, 5) is 0. The SMILES string of the molecule is FC1CCNCC1Cc1ccccc1C(F)(F)F. The Morgan fingerprint density at radius 2 is 1.94 bits per heavy atom. The Hall–Kier alpha value is -1.10. The third-order valence-corrected chi connectivity index (χ3v) is 3.32. The molecule has 2 atom stereocenters. The third kappa shape index (κ3) is 3.02. The van der Waals surface area contributed by atoms with E-state index in [0.717, 1.165) is 6.07 Å². The molecule has 0 amide bonds. The van der Waals surface area contributed by atoms with Crippen molar-refractivity contribution in [3.8, 4) is 0 Å². The minimum atomic E-state index is -4.37. The van der Waals surface area contributed by atoms with Crippen LogP contribution in [0.2, 0.25) is 0 Å². The Morgan fingerprint density at radius 1 is 1.22 bits per heavy atom. The van der Waals surface area contributed by atoms with E-state index in [1.807, 2.05) is 0 Å². The van der Waals surface area contributed by atoms with Crippen molar-refractivity contribution in [1.29, 1.82) is 0 Å². The molecule has 18 heavy (non-hydrogen) atoms.